The highest BCUT2D eigenvalue weighted by molar-refractivity contribution is 7.09. The molecule has 108 valence electrons. The third-order valence-corrected chi connectivity index (χ3v) is 3.62. The first kappa shape index (κ1) is 13.7. The summed E-state index contributed by atoms with van der Waals surface area (Å²) in [5.41, 5.74) is 1.84. The lowest BCUT2D eigenvalue weighted by Gasteiger charge is -1.96. The molecule has 2 heterocycles. The maximum Gasteiger partial charge on any atom is 0.322 e. The minimum Gasteiger partial charge on any atom is -0.378 e. The zero-order valence-corrected chi connectivity index (χ0v) is 12.3. The van der Waals surface area contributed by atoms with Gasteiger partial charge in [-0.15, -0.1) is 11.3 Å². The molecule has 7 heteroatoms. The van der Waals surface area contributed by atoms with Gasteiger partial charge in [0.05, 0.1) is 18.8 Å². The third kappa shape index (κ3) is 3.45. The van der Waals surface area contributed by atoms with Crippen LogP contribution in [0, 0.1) is 0 Å². The fraction of sp³-hybridized carbons (Fsp3) is 0.214. The van der Waals surface area contributed by atoms with Gasteiger partial charge in [0.1, 0.15) is 5.01 Å². The Kier molecular flexibility index (Phi) is 4.23. The molecule has 0 aliphatic rings. The van der Waals surface area contributed by atoms with Crippen molar-refractivity contribution >= 4 is 17.4 Å². The van der Waals surface area contributed by atoms with Crippen molar-refractivity contribution in [2.45, 2.75) is 13.2 Å². The predicted octanol–water partition coefficient (Wildman–Crippen LogP) is 2.95. The monoisotopic (exact) mass is 302 g/mol. The number of thiazole rings is 1. The van der Waals surface area contributed by atoms with Crippen molar-refractivity contribution in [3.8, 4) is 11.4 Å². The largest absolute Gasteiger partial charge is 0.378 e. The lowest BCUT2D eigenvalue weighted by atomic mass is 10.2. The van der Waals surface area contributed by atoms with Gasteiger partial charge >= 0.3 is 6.01 Å². The Labute approximate surface area is 125 Å². The highest BCUT2D eigenvalue weighted by atomic mass is 32.1. The zero-order chi connectivity index (χ0) is 14.5. The molecule has 3 aromatic rings. The summed E-state index contributed by atoms with van der Waals surface area (Å²) in [4.78, 5) is 8.72. The quantitative estimate of drug-likeness (QED) is 0.754. The van der Waals surface area contributed by atoms with Crippen LogP contribution < -0.4 is 5.32 Å². The van der Waals surface area contributed by atoms with Crippen LogP contribution in [0.4, 0.5) is 6.01 Å². The minimum absolute atomic E-state index is 0.384. The molecule has 2 aromatic heterocycles. The molecule has 1 aromatic carbocycles. The Morgan fingerprint density at radius 2 is 2.10 bits per heavy atom. The Hall–Kier alpha value is -2.25. The minimum atomic E-state index is 0.384. The number of nitrogens with zero attached hydrogens (tertiary/aromatic N) is 3. The van der Waals surface area contributed by atoms with Crippen LogP contribution in [0.3, 0.4) is 0 Å². The molecule has 0 atom stereocenters. The molecule has 0 radical (unpaired) electrons. The first-order valence-corrected chi connectivity index (χ1v) is 7.28. The second-order valence-electron chi connectivity index (χ2n) is 4.31. The van der Waals surface area contributed by atoms with E-state index in [2.05, 4.69) is 20.4 Å². The first-order chi connectivity index (χ1) is 10.3. The third-order valence-electron chi connectivity index (χ3n) is 2.75. The van der Waals surface area contributed by atoms with Crippen molar-refractivity contribution < 1.29 is 9.26 Å². The molecule has 3 rings (SSSR count). The fourth-order valence-electron chi connectivity index (χ4n) is 1.79. The van der Waals surface area contributed by atoms with Crippen LogP contribution in [0.1, 0.15) is 10.7 Å². The summed E-state index contributed by atoms with van der Waals surface area (Å²) in [6.45, 7) is 1.07. The highest BCUT2D eigenvalue weighted by Crippen LogP contribution is 2.17. The number of rotatable bonds is 6. The second kappa shape index (κ2) is 6.47. The molecule has 0 saturated carbocycles. The van der Waals surface area contributed by atoms with E-state index < -0.39 is 0 Å². The van der Waals surface area contributed by atoms with Gasteiger partial charge in [-0.25, -0.2) is 4.98 Å². The predicted molar refractivity (Wildman–Crippen MR) is 79.9 cm³/mol. The molecule has 21 heavy (non-hydrogen) atoms. The number of benzene rings is 1. The highest BCUT2D eigenvalue weighted by Gasteiger charge is 2.08. The van der Waals surface area contributed by atoms with Gasteiger partial charge in [0.15, 0.2) is 0 Å². The smallest absolute Gasteiger partial charge is 0.322 e. The molecule has 0 aliphatic heterocycles. The lowest BCUT2D eigenvalue weighted by molar-refractivity contribution is 0.184. The molecule has 0 spiro atoms. The SMILES string of the molecule is COCc1nc(CNc2nc(-c3ccccc3)no2)cs1. The van der Waals surface area contributed by atoms with Crippen LogP contribution in [-0.4, -0.2) is 22.2 Å². The number of methoxy groups -OCH3 is 1. The van der Waals surface area contributed by atoms with Gasteiger partial charge in [-0.05, 0) is 0 Å². The van der Waals surface area contributed by atoms with Gasteiger partial charge in [0.25, 0.3) is 0 Å². The Balaban J connectivity index is 1.62. The van der Waals surface area contributed by atoms with Gasteiger partial charge in [-0.1, -0.05) is 35.5 Å². The van der Waals surface area contributed by atoms with E-state index in [0.29, 0.717) is 25.0 Å². The van der Waals surface area contributed by atoms with E-state index >= 15 is 0 Å². The van der Waals surface area contributed by atoms with Gasteiger partial charge in [-0.3, -0.25) is 0 Å². The maximum absolute atomic E-state index is 5.17. The molecule has 0 unspecified atom stereocenters. The van der Waals surface area contributed by atoms with Crippen LogP contribution >= 0.6 is 11.3 Å². The van der Waals surface area contributed by atoms with E-state index in [9.17, 15) is 0 Å². The fourth-order valence-corrected chi connectivity index (χ4v) is 2.55. The summed E-state index contributed by atoms with van der Waals surface area (Å²) in [6, 6.07) is 10.1. The average Bonchev–Trinajstić information content (AvgIpc) is 3.16. The molecule has 0 aliphatic carbocycles. The number of hydrogen-bond acceptors (Lipinski definition) is 7. The standard InChI is InChI=1S/C14H14N4O2S/c1-19-8-12-16-11(9-21-12)7-15-14-17-13(18-20-14)10-5-3-2-4-6-10/h2-6,9H,7-8H2,1H3,(H,15,17,18). The molecule has 0 fully saturated rings. The van der Waals surface area contributed by atoms with Gasteiger partial charge in [0.2, 0.25) is 5.82 Å². The number of hydrogen-bond donors (Lipinski definition) is 1. The van der Waals surface area contributed by atoms with Crippen molar-refractivity contribution in [2.75, 3.05) is 12.4 Å². The summed E-state index contributed by atoms with van der Waals surface area (Å²) in [7, 11) is 1.66. The Morgan fingerprint density at radius 1 is 1.24 bits per heavy atom. The van der Waals surface area contributed by atoms with Gasteiger partial charge < -0.3 is 14.6 Å². The molecule has 1 N–H and O–H groups in total. The summed E-state index contributed by atoms with van der Waals surface area (Å²) in [5.74, 6) is 0.566. The topological polar surface area (TPSA) is 73.1 Å². The van der Waals surface area contributed by atoms with Gasteiger partial charge in [-0.2, -0.15) is 4.98 Å². The van der Waals surface area contributed by atoms with Crippen molar-refractivity contribution in [1.29, 1.82) is 0 Å². The molecular formula is C14H14N4O2S. The van der Waals surface area contributed by atoms with Crippen LogP contribution in [0.15, 0.2) is 40.2 Å². The normalized spacial score (nSPS) is 10.7. The lowest BCUT2D eigenvalue weighted by Crippen LogP contribution is -2.00. The van der Waals surface area contributed by atoms with Crippen molar-refractivity contribution in [1.82, 2.24) is 15.1 Å². The van der Waals surface area contributed by atoms with Crippen LogP contribution in [0.5, 0.6) is 0 Å². The molecule has 0 amide bonds. The van der Waals surface area contributed by atoms with Crippen molar-refractivity contribution in [3.05, 3.63) is 46.4 Å². The number of aromatic nitrogens is 3. The van der Waals surface area contributed by atoms with Crippen LogP contribution in [0.2, 0.25) is 0 Å². The maximum atomic E-state index is 5.17. The number of nitrogens with one attached hydrogen (secondary N) is 1. The van der Waals surface area contributed by atoms with E-state index in [1.165, 1.54) is 0 Å². The average molecular weight is 302 g/mol. The number of ether oxygens (including phenoxy) is 1. The molecule has 6 nitrogen and oxygen atoms in total. The van der Waals surface area contributed by atoms with Crippen LogP contribution in [-0.2, 0) is 17.9 Å². The molecular weight excluding hydrogens is 288 g/mol. The molecule has 0 bridgehead atoms. The van der Waals surface area contributed by atoms with E-state index in [1.54, 1.807) is 18.4 Å². The second-order valence-corrected chi connectivity index (χ2v) is 5.25. The first-order valence-electron chi connectivity index (χ1n) is 6.40. The Bertz CT molecular complexity index is 696. The summed E-state index contributed by atoms with van der Waals surface area (Å²) < 4.78 is 10.2. The van der Waals surface area contributed by atoms with E-state index in [0.717, 1.165) is 16.3 Å². The van der Waals surface area contributed by atoms with Crippen molar-refractivity contribution in [2.24, 2.45) is 0 Å². The van der Waals surface area contributed by atoms with E-state index in [4.69, 9.17) is 9.26 Å². The van der Waals surface area contributed by atoms with Crippen LogP contribution in [0.25, 0.3) is 11.4 Å². The molecule has 0 saturated heterocycles. The summed E-state index contributed by atoms with van der Waals surface area (Å²) >= 11 is 1.57. The zero-order valence-electron chi connectivity index (χ0n) is 11.4. The Morgan fingerprint density at radius 3 is 2.90 bits per heavy atom. The van der Waals surface area contributed by atoms with E-state index in [-0.39, 0.29) is 0 Å². The number of anilines is 1. The van der Waals surface area contributed by atoms with Crippen molar-refractivity contribution in [3.63, 3.8) is 0 Å². The summed E-state index contributed by atoms with van der Waals surface area (Å²) in [6.07, 6.45) is 0. The van der Waals surface area contributed by atoms with E-state index in [1.807, 2.05) is 35.7 Å². The van der Waals surface area contributed by atoms with Gasteiger partial charge in [0, 0.05) is 18.1 Å². The summed E-state index contributed by atoms with van der Waals surface area (Å²) in [5, 5.41) is 9.95.